The lowest BCUT2D eigenvalue weighted by atomic mass is 10.1. The summed E-state index contributed by atoms with van der Waals surface area (Å²) >= 11 is 3.22. The number of rotatable bonds is 2. The van der Waals surface area contributed by atoms with E-state index in [-0.39, 0.29) is 0 Å². The van der Waals surface area contributed by atoms with Gasteiger partial charge >= 0.3 is 0 Å². The third kappa shape index (κ3) is 2.97. The van der Waals surface area contributed by atoms with Gasteiger partial charge in [0.05, 0.1) is 5.56 Å². The van der Waals surface area contributed by atoms with E-state index in [0.29, 0.717) is 23.8 Å². The molecule has 72 valence electrons. The molecule has 0 fully saturated rings. The summed E-state index contributed by atoms with van der Waals surface area (Å²) in [5.41, 5.74) is 0.657. The average molecular weight is 255 g/mol. The van der Waals surface area contributed by atoms with Crippen molar-refractivity contribution in [2.45, 2.75) is 6.42 Å². The van der Waals surface area contributed by atoms with Crippen LogP contribution in [0.1, 0.15) is 22.3 Å². The van der Waals surface area contributed by atoms with E-state index >= 15 is 0 Å². The molecule has 0 aliphatic heterocycles. The SMILES string of the molecule is O=Cc1ccc(C#CCCBr)c(F)c1. The van der Waals surface area contributed by atoms with Gasteiger partial charge in [0.1, 0.15) is 12.1 Å². The summed E-state index contributed by atoms with van der Waals surface area (Å²) in [4.78, 5) is 10.3. The largest absolute Gasteiger partial charge is 0.298 e. The van der Waals surface area contributed by atoms with Crippen LogP contribution in [0, 0.1) is 17.7 Å². The molecule has 0 saturated carbocycles. The van der Waals surface area contributed by atoms with Gasteiger partial charge < -0.3 is 0 Å². The lowest BCUT2D eigenvalue weighted by Crippen LogP contribution is -1.87. The van der Waals surface area contributed by atoms with Crippen molar-refractivity contribution in [3.63, 3.8) is 0 Å². The third-order valence-corrected chi connectivity index (χ3v) is 1.97. The summed E-state index contributed by atoms with van der Waals surface area (Å²) in [6.45, 7) is 0. The number of hydrogen-bond donors (Lipinski definition) is 0. The number of aldehydes is 1. The molecule has 0 aliphatic rings. The summed E-state index contributed by atoms with van der Waals surface area (Å²) in [5.74, 6) is 5.05. The van der Waals surface area contributed by atoms with Crippen LogP contribution in [-0.4, -0.2) is 11.6 Å². The minimum atomic E-state index is -0.448. The standard InChI is InChI=1S/C11H8BrFO/c12-6-2-1-3-10-5-4-9(8-14)7-11(10)13/h4-5,7-8H,2,6H2. The maximum Gasteiger partial charge on any atom is 0.150 e. The highest BCUT2D eigenvalue weighted by Crippen LogP contribution is 2.07. The van der Waals surface area contributed by atoms with Gasteiger partial charge in [-0.25, -0.2) is 4.39 Å². The fourth-order valence-electron chi connectivity index (χ4n) is 0.911. The van der Waals surface area contributed by atoms with Crippen LogP contribution in [0.15, 0.2) is 18.2 Å². The first-order valence-electron chi connectivity index (χ1n) is 4.07. The minimum Gasteiger partial charge on any atom is -0.298 e. The lowest BCUT2D eigenvalue weighted by molar-refractivity contribution is 0.112. The normalized spacial score (nSPS) is 9.00. The van der Waals surface area contributed by atoms with Gasteiger partial charge in [0.25, 0.3) is 0 Å². The Bertz CT molecular complexity index is 390. The predicted octanol–water partition coefficient (Wildman–Crippen LogP) is 2.77. The quantitative estimate of drug-likeness (QED) is 0.451. The van der Waals surface area contributed by atoms with Crippen molar-refractivity contribution in [1.82, 2.24) is 0 Å². The Balaban J connectivity index is 2.90. The van der Waals surface area contributed by atoms with E-state index in [0.717, 1.165) is 5.33 Å². The molecule has 1 nitrogen and oxygen atoms in total. The highest BCUT2D eigenvalue weighted by Gasteiger charge is 1.99. The van der Waals surface area contributed by atoms with Crippen molar-refractivity contribution in [2.24, 2.45) is 0 Å². The van der Waals surface area contributed by atoms with Gasteiger partial charge in [-0.3, -0.25) is 4.79 Å². The highest BCUT2D eigenvalue weighted by atomic mass is 79.9. The zero-order valence-corrected chi connectivity index (χ0v) is 8.97. The molecule has 0 N–H and O–H groups in total. The van der Waals surface area contributed by atoms with Crippen LogP contribution >= 0.6 is 15.9 Å². The molecule has 0 aromatic heterocycles. The molecule has 0 saturated heterocycles. The number of alkyl halides is 1. The molecule has 1 aromatic rings. The van der Waals surface area contributed by atoms with E-state index in [9.17, 15) is 9.18 Å². The number of carbonyl (C=O) groups is 1. The van der Waals surface area contributed by atoms with Crippen molar-refractivity contribution in [3.05, 3.63) is 35.1 Å². The second kappa shape index (κ2) is 5.56. The van der Waals surface area contributed by atoms with E-state index in [1.54, 1.807) is 6.07 Å². The van der Waals surface area contributed by atoms with Crippen molar-refractivity contribution in [2.75, 3.05) is 5.33 Å². The molecule has 0 amide bonds. The van der Waals surface area contributed by atoms with Gasteiger partial charge in [-0.2, -0.15) is 0 Å². The van der Waals surface area contributed by atoms with E-state index in [2.05, 4.69) is 27.8 Å². The summed E-state index contributed by atoms with van der Waals surface area (Å²) in [6.07, 6.45) is 1.29. The maximum atomic E-state index is 13.2. The molecule has 0 bridgehead atoms. The minimum absolute atomic E-state index is 0.327. The summed E-state index contributed by atoms with van der Waals surface area (Å²) in [5, 5.41) is 0.772. The van der Waals surface area contributed by atoms with Crippen LogP contribution in [0.25, 0.3) is 0 Å². The molecule has 14 heavy (non-hydrogen) atoms. The van der Waals surface area contributed by atoms with Gasteiger partial charge in [-0.1, -0.05) is 33.8 Å². The van der Waals surface area contributed by atoms with Crippen molar-refractivity contribution in [3.8, 4) is 11.8 Å². The molecule has 1 aromatic carbocycles. The molecule has 0 radical (unpaired) electrons. The van der Waals surface area contributed by atoms with Crippen LogP contribution in [0.4, 0.5) is 4.39 Å². The number of carbonyl (C=O) groups excluding carboxylic acids is 1. The zero-order chi connectivity index (χ0) is 10.4. The Hall–Kier alpha value is -1.14. The van der Waals surface area contributed by atoms with E-state index in [1.807, 2.05) is 0 Å². The number of hydrogen-bond acceptors (Lipinski definition) is 1. The van der Waals surface area contributed by atoms with Gasteiger partial charge in [0.15, 0.2) is 0 Å². The Labute approximate surface area is 90.4 Å². The van der Waals surface area contributed by atoms with Gasteiger partial charge in [0.2, 0.25) is 0 Å². The van der Waals surface area contributed by atoms with Crippen LogP contribution in [0.2, 0.25) is 0 Å². The van der Waals surface area contributed by atoms with Crippen LogP contribution in [0.3, 0.4) is 0 Å². The molecule has 0 heterocycles. The van der Waals surface area contributed by atoms with Crippen molar-refractivity contribution < 1.29 is 9.18 Å². The first-order valence-corrected chi connectivity index (χ1v) is 5.19. The maximum absolute atomic E-state index is 13.2. The molecule has 0 unspecified atom stereocenters. The highest BCUT2D eigenvalue weighted by molar-refractivity contribution is 9.09. The molecule has 3 heteroatoms. The molecule has 1 rings (SSSR count). The van der Waals surface area contributed by atoms with E-state index < -0.39 is 5.82 Å². The molecular weight excluding hydrogens is 247 g/mol. The van der Waals surface area contributed by atoms with Crippen LogP contribution in [-0.2, 0) is 0 Å². The molecule has 0 spiro atoms. The molecular formula is C11H8BrFO. The van der Waals surface area contributed by atoms with Gasteiger partial charge in [0, 0.05) is 17.3 Å². The fraction of sp³-hybridized carbons (Fsp3) is 0.182. The first-order chi connectivity index (χ1) is 6.77. The molecule has 0 aliphatic carbocycles. The molecule has 0 atom stereocenters. The topological polar surface area (TPSA) is 17.1 Å². The van der Waals surface area contributed by atoms with Crippen molar-refractivity contribution >= 4 is 22.2 Å². The van der Waals surface area contributed by atoms with E-state index in [1.165, 1.54) is 12.1 Å². The lowest BCUT2D eigenvalue weighted by Gasteiger charge is -1.94. The third-order valence-electron chi connectivity index (χ3n) is 1.57. The monoisotopic (exact) mass is 254 g/mol. The first kappa shape index (κ1) is 10.9. The Morgan fingerprint density at radius 2 is 2.29 bits per heavy atom. The number of benzene rings is 1. The Morgan fingerprint density at radius 3 is 2.86 bits per heavy atom. The second-order valence-corrected chi connectivity index (χ2v) is 3.39. The average Bonchev–Trinajstić information content (AvgIpc) is 2.20. The Morgan fingerprint density at radius 1 is 1.50 bits per heavy atom. The van der Waals surface area contributed by atoms with Crippen LogP contribution in [0.5, 0.6) is 0 Å². The fourth-order valence-corrected chi connectivity index (χ4v) is 1.11. The summed E-state index contributed by atoms with van der Waals surface area (Å²) in [6, 6.07) is 4.25. The number of halogens is 2. The predicted molar refractivity (Wildman–Crippen MR) is 57.1 cm³/mol. The summed E-state index contributed by atoms with van der Waals surface area (Å²) < 4.78 is 13.2. The van der Waals surface area contributed by atoms with Crippen molar-refractivity contribution in [1.29, 1.82) is 0 Å². The Kier molecular flexibility index (Phi) is 4.34. The zero-order valence-electron chi connectivity index (χ0n) is 7.39. The van der Waals surface area contributed by atoms with Gasteiger partial charge in [-0.05, 0) is 12.1 Å². The van der Waals surface area contributed by atoms with Crippen LogP contribution < -0.4 is 0 Å². The summed E-state index contributed by atoms with van der Waals surface area (Å²) in [7, 11) is 0. The second-order valence-electron chi connectivity index (χ2n) is 2.60. The smallest absolute Gasteiger partial charge is 0.150 e. The van der Waals surface area contributed by atoms with Gasteiger partial charge in [-0.15, -0.1) is 0 Å². The van der Waals surface area contributed by atoms with E-state index in [4.69, 9.17) is 0 Å².